The van der Waals surface area contributed by atoms with Crippen LogP contribution in [0, 0.1) is 0 Å². The van der Waals surface area contributed by atoms with Crippen molar-refractivity contribution >= 4 is 6.29 Å². The number of hydrogen-bond acceptors (Lipinski definition) is 3. The normalized spacial score (nSPS) is 10.2. The minimum Gasteiger partial charge on any atom is -0.497 e. The van der Waals surface area contributed by atoms with Crippen molar-refractivity contribution in [1.82, 2.24) is 0 Å². The maximum absolute atomic E-state index is 11.4. The highest BCUT2D eigenvalue weighted by Gasteiger charge is 2.08. The van der Waals surface area contributed by atoms with Gasteiger partial charge in [0.2, 0.25) is 0 Å². The first kappa shape index (κ1) is 15.8. The van der Waals surface area contributed by atoms with Crippen molar-refractivity contribution in [3.8, 4) is 22.6 Å². The number of rotatable bonds is 6. The van der Waals surface area contributed by atoms with Gasteiger partial charge in [-0.3, -0.25) is 4.79 Å². The molecule has 3 heteroatoms. The maximum atomic E-state index is 11.4. The maximum Gasteiger partial charge on any atom is 0.150 e. The molecule has 0 saturated heterocycles. The molecule has 3 aromatic carbocycles. The van der Waals surface area contributed by atoms with Gasteiger partial charge in [0.25, 0.3) is 0 Å². The van der Waals surface area contributed by atoms with Gasteiger partial charge in [0.05, 0.1) is 7.11 Å². The molecule has 24 heavy (non-hydrogen) atoms. The summed E-state index contributed by atoms with van der Waals surface area (Å²) < 4.78 is 11.1. The average Bonchev–Trinajstić information content (AvgIpc) is 2.67. The van der Waals surface area contributed by atoms with E-state index in [0.717, 1.165) is 34.5 Å². The first-order valence-electron chi connectivity index (χ1n) is 7.70. The van der Waals surface area contributed by atoms with E-state index in [4.69, 9.17) is 9.47 Å². The molecule has 0 N–H and O–H groups in total. The minimum absolute atomic E-state index is 0.485. The highest BCUT2D eigenvalue weighted by atomic mass is 16.5. The van der Waals surface area contributed by atoms with Gasteiger partial charge in [-0.25, -0.2) is 0 Å². The van der Waals surface area contributed by atoms with Gasteiger partial charge in [-0.05, 0) is 47.0 Å². The van der Waals surface area contributed by atoms with Gasteiger partial charge in [0.1, 0.15) is 18.1 Å². The molecule has 3 aromatic rings. The van der Waals surface area contributed by atoms with Crippen LogP contribution in [-0.2, 0) is 6.61 Å². The van der Waals surface area contributed by atoms with Crippen LogP contribution in [0.25, 0.3) is 11.1 Å². The summed E-state index contributed by atoms with van der Waals surface area (Å²) in [5.41, 5.74) is 3.46. The number of hydrogen-bond donors (Lipinski definition) is 0. The summed E-state index contributed by atoms with van der Waals surface area (Å²) in [6, 6.07) is 23.1. The van der Waals surface area contributed by atoms with Gasteiger partial charge in [-0.1, -0.05) is 42.5 Å². The van der Waals surface area contributed by atoms with Crippen molar-refractivity contribution < 1.29 is 14.3 Å². The van der Waals surface area contributed by atoms with E-state index >= 15 is 0 Å². The highest BCUT2D eigenvalue weighted by Crippen LogP contribution is 2.30. The Morgan fingerprint density at radius 2 is 1.71 bits per heavy atom. The molecule has 3 rings (SSSR count). The quantitative estimate of drug-likeness (QED) is 0.615. The molecule has 0 aromatic heterocycles. The molecular formula is C21H18O3. The monoisotopic (exact) mass is 318 g/mol. The Bertz CT molecular complexity index is 825. The second-order valence-electron chi connectivity index (χ2n) is 5.37. The summed E-state index contributed by atoms with van der Waals surface area (Å²) in [5, 5.41) is 0. The predicted octanol–water partition coefficient (Wildman–Crippen LogP) is 4.75. The van der Waals surface area contributed by atoms with Crippen LogP contribution in [0.15, 0.2) is 72.8 Å². The van der Waals surface area contributed by atoms with Gasteiger partial charge in [0, 0.05) is 5.56 Å². The Balaban J connectivity index is 1.89. The first-order valence-corrected chi connectivity index (χ1v) is 7.70. The molecule has 0 aliphatic heterocycles. The van der Waals surface area contributed by atoms with Crippen LogP contribution in [0.4, 0.5) is 0 Å². The van der Waals surface area contributed by atoms with Crippen LogP contribution in [-0.4, -0.2) is 13.4 Å². The summed E-state index contributed by atoms with van der Waals surface area (Å²) in [7, 11) is 1.62. The average molecular weight is 318 g/mol. The zero-order valence-electron chi connectivity index (χ0n) is 13.4. The Morgan fingerprint density at radius 3 is 2.46 bits per heavy atom. The molecule has 0 amide bonds. The predicted molar refractivity (Wildman–Crippen MR) is 94.6 cm³/mol. The number of aldehydes is 1. The van der Waals surface area contributed by atoms with Gasteiger partial charge < -0.3 is 9.47 Å². The Morgan fingerprint density at radius 1 is 0.875 bits per heavy atom. The fourth-order valence-electron chi connectivity index (χ4n) is 2.51. The van der Waals surface area contributed by atoms with E-state index < -0.39 is 0 Å². The third kappa shape index (κ3) is 3.63. The van der Waals surface area contributed by atoms with Gasteiger partial charge in [0.15, 0.2) is 6.29 Å². The molecule has 3 nitrogen and oxygen atoms in total. The number of carbonyl (C=O) groups excluding carboxylic acids is 1. The molecule has 0 spiro atoms. The van der Waals surface area contributed by atoms with Crippen molar-refractivity contribution in [2.75, 3.05) is 7.11 Å². The van der Waals surface area contributed by atoms with Gasteiger partial charge in [-0.2, -0.15) is 0 Å². The van der Waals surface area contributed by atoms with Crippen LogP contribution >= 0.6 is 0 Å². The van der Waals surface area contributed by atoms with Crippen LogP contribution < -0.4 is 9.47 Å². The molecule has 0 unspecified atom stereocenters. The van der Waals surface area contributed by atoms with E-state index in [9.17, 15) is 4.79 Å². The highest BCUT2D eigenvalue weighted by molar-refractivity contribution is 5.88. The minimum atomic E-state index is 0.485. The second-order valence-corrected chi connectivity index (χ2v) is 5.37. The summed E-state index contributed by atoms with van der Waals surface area (Å²) in [6.45, 7) is 0.485. The molecule has 0 saturated carbocycles. The summed E-state index contributed by atoms with van der Waals surface area (Å²) in [6.07, 6.45) is 0.857. The van der Waals surface area contributed by atoms with E-state index in [1.54, 1.807) is 13.2 Å². The molecular weight excluding hydrogens is 300 g/mol. The molecule has 120 valence electrons. The zero-order valence-corrected chi connectivity index (χ0v) is 13.4. The van der Waals surface area contributed by atoms with E-state index in [1.807, 2.05) is 66.7 Å². The molecule has 0 fully saturated rings. The smallest absolute Gasteiger partial charge is 0.150 e. The third-order valence-electron chi connectivity index (χ3n) is 3.78. The molecule has 0 heterocycles. The Labute approximate surface area is 141 Å². The second kappa shape index (κ2) is 7.47. The van der Waals surface area contributed by atoms with E-state index in [-0.39, 0.29) is 0 Å². The number of methoxy groups -OCH3 is 1. The summed E-state index contributed by atoms with van der Waals surface area (Å²) in [5.74, 6) is 1.47. The molecule has 0 radical (unpaired) electrons. The van der Waals surface area contributed by atoms with E-state index in [2.05, 4.69) is 0 Å². The standard InChI is InChI=1S/C21H18O3/c1-23-19-9-5-8-17(12-19)21-13-20(11-10-18(21)14-22)24-15-16-6-3-2-4-7-16/h2-14H,15H2,1H3. The SMILES string of the molecule is COc1cccc(-c2cc(OCc3ccccc3)ccc2C=O)c1. The lowest BCUT2D eigenvalue weighted by atomic mass is 10.00. The van der Waals surface area contributed by atoms with Crippen molar-refractivity contribution in [3.63, 3.8) is 0 Å². The van der Waals surface area contributed by atoms with Crippen molar-refractivity contribution in [2.24, 2.45) is 0 Å². The zero-order chi connectivity index (χ0) is 16.8. The fourth-order valence-corrected chi connectivity index (χ4v) is 2.51. The van der Waals surface area contributed by atoms with Crippen LogP contribution in [0.1, 0.15) is 15.9 Å². The first-order chi connectivity index (χ1) is 11.8. The number of carbonyl (C=O) groups is 1. The van der Waals surface area contributed by atoms with Crippen LogP contribution in [0.2, 0.25) is 0 Å². The van der Waals surface area contributed by atoms with E-state index in [1.165, 1.54) is 0 Å². The number of ether oxygens (including phenoxy) is 2. The van der Waals surface area contributed by atoms with Crippen molar-refractivity contribution in [2.45, 2.75) is 6.61 Å². The lowest BCUT2D eigenvalue weighted by Crippen LogP contribution is -1.96. The lowest BCUT2D eigenvalue weighted by molar-refractivity contribution is 0.112. The fraction of sp³-hybridized carbons (Fsp3) is 0.0952. The largest absolute Gasteiger partial charge is 0.497 e. The van der Waals surface area contributed by atoms with Gasteiger partial charge in [-0.15, -0.1) is 0 Å². The Hall–Kier alpha value is -3.07. The molecule has 0 aliphatic carbocycles. The van der Waals surface area contributed by atoms with Crippen LogP contribution in [0.5, 0.6) is 11.5 Å². The van der Waals surface area contributed by atoms with Crippen molar-refractivity contribution in [1.29, 1.82) is 0 Å². The third-order valence-corrected chi connectivity index (χ3v) is 3.78. The van der Waals surface area contributed by atoms with Crippen molar-refractivity contribution in [3.05, 3.63) is 83.9 Å². The summed E-state index contributed by atoms with van der Waals surface area (Å²) in [4.78, 5) is 11.4. The topological polar surface area (TPSA) is 35.5 Å². The molecule has 0 bridgehead atoms. The van der Waals surface area contributed by atoms with Gasteiger partial charge >= 0.3 is 0 Å². The van der Waals surface area contributed by atoms with E-state index in [0.29, 0.717) is 12.2 Å². The Kier molecular flexibility index (Phi) is 4.92. The molecule has 0 aliphatic rings. The number of benzene rings is 3. The molecule has 0 atom stereocenters. The van der Waals surface area contributed by atoms with Crippen LogP contribution in [0.3, 0.4) is 0 Å². The summed E-state index contributed by atoms with van der Waals surface area (Å²) >= 11 is 0. The lowest BCUT2D eigenvalue weighted by Gasteiger charge is -2.11.